The smallest absolute Gasteiger partial charge is 0.277 e. The van der Waals surface area contributed by atoms with Crippen LogP contribution < -0.4 is 19.5 Å². The molecule has 1 N–H and O–H groups in total. The molecule has 134 valence electrons. The zero-order chi connectivity index (χ0) is 18.5. The molecule has 0 unspecified atom stereocenters. The van der Waals surface area contributed by atoms with Crippen molar-refractivity contribution < 1.29 is 23.5 Å². The Labute approximate surface area is 150 Å². The van der Waals surface area contributed by atoms with Gasteiger partial charge in [-0.25, -0.2) is 0 Å². The highest BCUT2D eigenvalue weighted by molar-refractivity contribution is 6.04. The number of amides is 1. The van der Waals surface area contributed by atoms with Gasteiger partial charge in [0.05, 0.1) is 27.0 Å². The van der Waals surface area contributed by atoms with E-state index < -0.39 is 5.91 Å². The normalized spacial score (nSPS) is 10.3. The van der Waals surface area contributed by atoms with Crippen LogP contribution in [0.25, 0.3) is 11.3 Å². The van der Waals surface area contributed by atoms with E-state index in [1.807, 2.05) is 18.2 Å². The van der Waals surface area contributed by atoms with E-state index in [1.165, 1.54) is 7.11 Å². The molecule has 7 heteroatoms. The van der Waals surface area contributed by atoms with Gasteiger partial charge in [0.15, 0.2) is 11.5 Å². The molecule has 0 spiro atoms. The predicted octanol–water partition coefficient (Wildman–Crippen LogP) is 3.62. The molecule has 0 radical (unpaired) electrons. The molecule has 2 aromatic carbocycles. The second-order valence-electron chi connectivity index (χ2n) is 5.33. The summed E-state index contributed by atoms with van der Waals surface area (Å²) in [6.07, 6.45) is 0. The van der Waals surface area contributed by atoms with E-state index in [-0.39, 0.29) is 5.69 Å². The maximum absolute atomic E-state index is 12.5. The van der Waals surface area contributed by atoms with Crippen LogP contribution in [0.2, 0.25) is 0 Å². The highest BCUT2D eigenvalue weighted by Gasteiger charge is 2.16. The lowest BCUT2D eigenvalue weighted by Crippen LogP contribution is -2.13. The SMILES string of the molecule is COc1cccc(-c2cc(C(=O)Nc3cc(OC)ccc3OC)no2)c1. The standard InChI is InChI=1S/C19H18N2O5/c1-23-13-6-4-5-12(9-13)18-11-16(21-26-18)19(22)20-15-10-14(24-2)7-8-17(15)25-3/h4-11H,1-3H3,(H,20,22). The number of nitrogens with zero attached hydrogens (tertiary/aromatic N) is 1. The number of methoxy groups -OCH3 is 3. The Hall–Kier alpha value is -3.48. The van der Waals surface area contributed by atoms with E-state index in [4.69, 9.17) is 18.7 Å². The van der Waals surface area contributed by atoms with E-state index >= 15 is 0 Å². The first-order valence-corrected chi connectivity index (χ1v) is 7.79. The minimum absolute atomic E-state index is 0.146. The molecule has 0 aliphatic heterocycles. The number of anilines is 1. The van der Waals surface area contributed by atoms with Crippen LogP contribution in [0.5, 0.6) is 17.2 Å². The van der Waals surface area contributed by atoms with Crippen molar-refractivity contribution in [2.24, 2.45) is 0 Å². The number of nitrogens with one attached hydrogen (secondary N) is 1. The van der Waals surface area contributed by atoms with Crippen LogP contribution in [0.3, 0.4) is 0 Å². The van der Waals surface area contributed by atoms with E-state index in [9.17, 15) is 4.79 Å². The van der Waals surface area contributed by atoms with E-state index in [1.54, 1.807) is 44.6 Å². The molecule has 0 fully saturated rings. The van der Waals surface area contributed by atoms with Crippen molar-refractivity contribution >= 4 is 11.6 Å². The van der Waals surface area contributed by atoms with Crippen LogP contribution in [0.4, 0.5) is 5.69 Å². The quantitative estimate of drug-likeness (QED) is 0.728. The second-order valence-corrected chi connectivity index (χ2v) is 5.33. The molecule has 0 saturated carbocycles. The van der Waals surface area contributed by atoms with Crippen LogP contribution in [0.15, 0.2) is 53.1 Å². The molecule has 3 aromatic rings. The van der Waals surface area contributed by atoms with Crippen molar-refractivity contribution in [1.82, 2.24) is 5.16 Å². The maximum Gasteiger partial charge on any atom is 0.277 e. The maximum atomic E-state index is 12.5. The molecular formula is C19H18N2O5. The first-order valence-electron chi connectivity index (χ1n) is 7.79. The van der Waals surface area contributed by atoms with Gasteiger partial charge in [-0.3, -0.25) is 4.79 Å². The topological polar surface area (TPSA) is 82.8 Å². The first-order chi connectivity index (χ1) is 12.6. The van der Waals surface area contributed by atoms with Gasteiger partial charge in [0, 0.05) is 17.7 Å². The highest BCUT2D eigenvalue weighted by atomic mass is 16.5. The van der Waals surface area contributed by atoms with Crippen LogP contribution in [-0.2, 0) is 0 Å². The minimum Gasteiger partial charge on any atom is -0.497 e. The number of hydrogen-bond acceptors (Lipinski definition) is 6. The minimum atomic E-state index is -0.422. The third-order valence-corrected chi connectivity index (χ3v) is 3.75. The number of aromatic nitrogens is 1. The van der Waals surface area contributed by atoms with Crippen LogP contribution in [0, 0.1) is 0 Å². The summed E-state index contributed by atoms with van der Waals surface area (Å²) in [6.45, 7) is 0. The van der Waals surface area contributed by atoms with Crippen molar-refractivity contribution in [2.45, 2.75) is 0 Å². The zero-order valence-electron chi connectivity index (χ0n) is 14.6. The van der Waals surface area contributed by atoms with Gasteiger partial charge in [-0.05, 0) is 24.3 Å². The lowest BCUT2D eigenvalue weighted by molar-refractivity contribution is 0.101. The van der Waals surface area contributed by atoms with Gasteiger partial charge in [0.1, 0.15) is 17.2 Å². The van der Waals surface area contributed by atoms with E-state index in [0.717, 1.165) is 5.56 Å². The lowest BCUT2D eigenvalue weighted by Gasteiger charge is -2.10. The Morgan fingerprint density at radius 2 is 1.73 bits per heavy atom. The number of rotatable bonds is 6. The van der Waals surface area contributed by atoms with Gasteiger partial charge < -0.3 is 24.1 Å². The van der Waals surface area contributed by atoms with E-state index in [2.05, 4.69) is 10.5 Å². The average molecular weight is 354 g/mol. The molecule has 0 aliphatic carbocycles. The summed E-state index contributed by atoms with van der Waals surface area (Å²) in [5, 5.41) is 6.59. The van der Waals surface area contributed by atoms with Crippen molar-refractivity contribution in [2.75, 3.05) is 26.6 Å². The average Bonchev–Trinajstić information content (AvgIpc) is 3.18. The fourth-order valence-corrected chi connectivity index (χ4v) is 2.39. The number of ether oxygens (including phenoxy) is 3. The molecule has 0 aliphatic rings. The first kappa shape index (κ1) is 17.3. The Morgan fingerprint density at radius 3 is 2.46 bits per heavy atom. The number of carbonyl (C=O) groups excluding carboxylic acids is 1. The van der Waals surface area contributed by atoms with Gasteiger partial charge in [-0.15, -0.1) is 0 Å². The van der Waals surface area contributed by atoms with Crippen LogP contribution in [-0.4, -0.2) is 32.4 Å². The third-order valence-electron chi connectivity index (χ3n) is 3.75. The molecule has 1 aromatic heterocycles. The van der Waals surface area contributed by atoms with Crippen molar-refractivity contribution in [3.63, 3.8) is 0 Å². The Kier molecular flexibility index (Phi) is 5.07. The Bertz CT molecular complexity index is 920. The second kappa shape index (κ2) is 7.60. The fourth-order valence-electron chi connectivity index (χ4n) is 2.39. The molecule has 1 amide bonds. The van der Waals surface area contributed by atoms with Gasteiger partial charge in [0.25, 0.3) is 5.91 Å². The molecule has 7 nitrogen and oxygen atoms in total. The molecule has 3 rings (SSSR count). The number of hydrogen-bond donors (Lipinski definition) is 1. The fraction of sp³-hybridized carbons (Fsp3) is 0.158. The van der Waals surface area contributed by atoms with E-state index in [0.29, 0.717) is 28.7 Å². The zero-order valence-corrected chi connectivity index (χ0v) is 14.6. The number of benzene rings is 2. The Balaban J connectivity index is 1.82. The van der Waals surface area contributed by atoms with Crippen molar-refractivity contribution in [1.29, 1.82) is 0 Å². The summed E-state index contributed by atoms with van der Waals surface area (Å²) >= 11 is 0. The molecular weight excluding hydrogens is 336 g/mol. The lowest BCUT2D eigenvalue weighted by atomic mass is 10.1. The van der Waals surface area contributed by atoms with Crippen molar-refractivity contribution in [3.8, 4) is 28.6 Å². The van der Waals surface area contributed by atoms with Gasteiger partial charge in [-0.1, -0.05) is 17.3 Å². The largest absolute Gasteiger partial charge is 0.497 e. The molecule has 26 heavy (non-hydrogen) atoms. The molecule has 0 saturated heterocycles. The highest BCUT2D eigenvalue weighted by Crippen LogP contribution is 2.30. The third kappa shape index (κ3) is 3.61. The van der Waals surface area contributed by atoms with Crippen LogP contribution >= 0.6 is 0 Å². The Morgan fingerprint density at radius 1 is 0.962 bits per heavy atom. The summed E-state index contributed by atoms with van der Waals surface area (Å²) in [4.78, 5) is 12.5. The summed E-state index contributed by atoms with van der Waals surface area (Å²) in [5.41, 5.74) is 1.38. The summed E-state index contributed by atoms with van der Waals surface area (Å²) < 4.78 is 20.9. The molecule has 0 bridgehead atoms. The van der Waals surface area contributed by atoms with Crippen molar-refractivity contribution in [3.05, 3.63) is 54.2 Å². The van der Waals surface area contributed by atoms with Crippen LogP contribution in [0.1, 0.15) is 10.5 Å². The summed E-state index contributed by atoms with van der Waals surface area (Å²) in [6, 6.07) is 14.0. The van der Waals surface area contributed by atoms with Gasteiger partial charge in [-0.2, -0.15) is 0 Å². The molecule has 1 heterocycles. The molecule has 0 atom stereocenters. The number of carbonyl (C=O) groups is 1. The summed E-state index contributed by atoms with van der Waals surface area (Å²) in [7, 11) is 4.65. The van der Waals surface area contributed by atoms with Gasteiger partial charge in [0.2, 0.25) is 0 Å². The summed E-state index contributed by atoms with van der Waals surface area (Å²) in [5.74, 6) is 1.83. The van der Waals surface area contributed by atoms with Gasteiger partial charge >= 0.3 is 0 Å². The monoisotopic (exact) mass is 354 g/mol. The predicted molar refractivity (Wildman–Crippen MR) is 96.0 cm³/mol.